The molecule has 5 heteroatoms. The normalized spacial score (nSPS) is 10.9. The molecule has 0 spiro atoms. The second-order valence-corrected chi connectivity index (χ2v) is 5.46. The van der Waals surface area contributed by atoms with E-state index in [0.29, 0.717) is 32.5 Å². The van der Waals surface area contributed by atoms with Gasteiger partial charge in [0.05, 0.1) is 6.61 Å². The molecule has 0 unspecified atom stereocenters. The molecule has 5 nitrogen and oxygen atoms in total. The van der Waals surface area contributed by atoms with E-state index < -0.39 is 5.41 Å². The van der Waals surface area contributed by atoms with Crippen LogP contribution in [0.5, 0.6) is 0 Å². The number of hydrogen-bond donors (Lipinski definition) is 2. The Hall–Kier alpha value is -1.36. The lowest BCUT2D eigenvalue weighted by molar-refractivity contribution is -0.132. The molecule has 19 heavy (non-hydrogen) atoms. The van der Waals surface area contributed by atoms with E-state index in [1.165, 1.54) is 0 Å². The standard InChI is InChI=1S/C14H26N2O3/c1-5-9-16(10-11-17)12(18)7-6-8-15-13(19)14(2,3)4/h5,17H,1,6-11H2,2-4H3,(H,15,19). The van der Waals surface area contributed by atoms with Crippen LogP contribution < -0.4 is 5.32 Å². The Labute approximate surface area is 115 Å². The smallest absolute Gasteiger partial charge is 0.225 e. The molecule has 0 aromatic rings. The number of carbonyl (C=O) groups is 2. The molecule has 0 aliphatic rings. The van der Waals surface area contributed by atoms with Crippen molar-refractivity contribution in [3.8, 4) is 0 Å². The van der Waals surface area contributed by atoms with Gasteiger partial charge in [-0.05, 0) is 6.42 Å². The Balaban J connectivity index is 3.96. The zero-order valence-electron chi connectivity index (χ0n) is 12.2. The number of amides is 2. The highest BCUT2D eigenvalue weighted by atomic mass is 16.3. The minimum absolute atomic E-state index is 0.0155. The van der Waals surface area contributed by atoms with Crippen LogP contribution >= 0.6 is 0 Å². The molecular formula is C14H26N2O3. The zero-order chi connectivity index (χ0) is 14.9. The third-order valence-electron chi connectivity index (χ3n) is 2.61. The van der Waals surface area contributed by atoms with E-state index in [1.807, 2.05) is 20.8 Å². The summed E-state index contributed by atoms with van der Waals surface area (Å²) in [7, 11) is 0. The summed E-state index contributed by atoms with van der Waals surface area (Å²) in [5.41, 5.74) is -0.407. The van der Waals surface area contributed by atoms with Gasteiger partial charge >= 0.3 is 0 Å². The molecule has 2 N–H and O–H groups in total. The minimum atomic E-state index is -0.407. The van der Waals surface area contributed by atoms with Crippen LogP contribution in [0.4, 0.5) is 0 Å². The first kappa shape index (κ1) is 17.6. The highest BCUT2D eigenvalue weighted by Crippen LogP contribution is 2.12. The highest BCUT2D eigenvalue weighted by Gasteiger charge is 2.20. The van der Waals surface area contributed by atoms with Gasteiger partial charge in [-0.3, -0.25) is 9.59 Å². The van der Waals surface area contributed by atoms with Gasteiger partial charge in [-0.1, -0.05) is 26.8 Å². The maximum Gasteiger partial charge on any atom is 0.225 e. The zero-order valence-corrected chi connectivity index (χ0v) is 12.2. The van der Waals surface area contributed by atoms with Gasteiger partial charge in [-0.25, -0.2) is 0 Å². The second kappa shape index (κ2) is 8.69. The largest absolute Gasteiger partial charge is 0.395 e. The Kier molecular flexibility index (Phi) is 8.07. The highest BCUT2D eigenvalue weighted by molar-refractivity contribution is 5.81. The van der Waals surface area contributed by atoms with Crippen molar-refractivity contribution in [2.45, 2.75) is 33.6 Å². The summed E-state index contributed by atoms with van der Waals surface area (Å²) < 4.78 is 0. The van der Waals surface area contributed by atoms with Gasteiger partial charge in [0.15, 0.2) is 0 Å². The van der Waals surface area contributed by atoms with Gasteiger partial charge in [0.2, 0.25) is 11.8 Å². The number of nitrogens with one attached hydrogen (secondary N) is 1. The quantitative estimate of drug-likeness (QED) is 0.509. The van der Waals surface area contributed by atoms with Gasteiger partial charge in [0, 0.05) is 31.5 Å². The van der Waals surface area contributed by atoms with Crippen LogP contribution in [0.2, 0.25) is 0 Å². The van der Waals surface area contributed by atoms with Crippen LogP contribution in [0.1, 0.15) is 33.6 Å². The fraction of sp³-hybridized carbons (Fsp3) is 0.714. The van der Waals surface area contributed by atoms with Crippen LogP contribution in [0.15, 0.2) is 12.7 Å². The predicted molar refractivity (Wildman–Crippen MR) is 75.6 cm³/mol. The fourth-order valence-electron chi connectivity index (χ4n) is 1.46. The second-order valence-electron chi connectivity index (χ2n) is 5.46. The summed E-state index contributed by atoms with van der Waals surface area (Å²) in [5, 5.41) is 11.7. The molecule has 0 rings (SSSR count). The van der Waals surface area contributed by atoms with Gasteiger partial charge < -0.3 is 15.3 Å². The van der Waals surface area contributed by atoms with Crippen molar-refractivity contribution in [3.05, 3.63) is 12.7 Å². The summed E-state index contributed by atoms with van der Waals surface area (Å²) >= 11 is 0. The first-order valence-corrected chi connectivity index (χ1v) is 6.60. The van der Waals surface area contributed by atoms with Crippen LogP contribution in [0, 0.1) is 5.41 Å². The Morgan fingerprint density at radius 2 is 2.00 bits per heavy atom. The van der Waals surface area contributed by atoms with Crippen molar-refractivity contribution in [1.29, 1.82) is 0 Å². The number of carbonyl (C=O) groups excluding carboxylic acids is 2. The average Bonchev–Trinajstić information content (AvgIpc) is 2.32. The molecule has 0 aliphatic heterocycles. The summed E-state index contributed by atoms with van der Waals surface area (Å²) in [6, 6.07) is 0. The van der Waals surface area contributed by atoms with Crippen LogP contribution in [0.3, 0.4) is 0 Å². The fourth-order valence-corrected chi connectivity index (χ4v) is 1.46. The van der Waals surface area contributed by atoms with Crippen LogP contribution in [-0.2, 0) is 9.59 Å². The molecule has 0 saturated heterocycles. The van der Waals surface area contributed by atoms with Crippen molar-refractivity contribution >= 4 is 11.8 Å². The molecule has 0 fully saturated rings. The third kappa shape index (κ3) is 7.62. The van der Waals surface area contributed by atoms with E-state index in [0.717, 1.165) is 0 Å². The van der Waals surface area contributed by atoms with Crippen molar-refractivity contribution in [2.75, 3.05) is 26.2 Å². The predicted octanol–water partition coefficient (Wildman–Crippen LogP) is 0.936. The van der Waals surface area contributed by atoms with Crippen LogP contribution in [0.25, 0.3) is 0 Å². The lowest BCUT2D eigenvalue weighted by Gasteiger charge is -2.20. The topological polar surface area (TPSA) is 69.6 Å². The summed E-state index contributed by atoms with van der Waals surface area (Å²) in [4.78, 5) is 25.0. The molecule has 0 heterocycles. The minimum Gasteiger partial charge on any atom is -0.395 e. The van der Waals surface area contributed by atoms with Gasteiger partial charge in [-0.15, -0.1) is 6.58 Å². The molecular weight excluding hydrogens is 244 g/mol. The van der Waals surface area contributed by atoms with Crippen molar-refractivity contribution in [3.63, 3.8) is 0 Å². The number of hydrogen-bond acceptors (Lipinski definition) is 3. The summed E-state index contributed by atoms with van der Waals surface area (Å²) in [6.07, 6.45) is 2.59. The summed E-state index contributed by atoms with van der Waals surface area (Å²) in [5.74, 6) is -0.0442. The van der Waals surface area contributed by atoms with Crippen molar-refractivity contribution in [1.82, 2.24) is 10.2 Å². The number of nitrogens with zero attached hydrogens (tertiary/aromatic N) is 1. The van der Waals surface area contributed by atoms with Gasteiger partial charge in [0.25, 0.3) is 0 Å². The monoisotopic (exact) mass is 270 g/mol. The molecule has 0 atom stereocenters. The molecule has 0 aromatic heterocycles. The third-order valence-corrected chi connectivity index (χ3v) is 2.61. The molecule has 0 radical (unpaired) electrons. The average molecular weight is 270 g/mol. The van der Waals surface area contributed by atoms with Crippen molar-refractivity contribution in [2.24, 2.45) is 5.41 Å². The van der Waals surface area contributed by atoms with E-state index in [-0.39, 0.29) is 18.4 Å². The van der Waals surface area contributed by atoms with E-state index in [9.17, 15) is 9.59 Å². The summed E-state index contributed by atoms with van der Waals surface area (Å²) in [6.45, 7) is 10.3. The first-order chi connectivity index (χ1) is 8.82. The van der Waals surface area contributed by atoms with E-state index >= 15 is 0 Å². The number of aliphatic hydroxyl groups excluding tert-OH is 1. The SMILES string of the molecule is C=CCN(CCO)C(=O)CCCNC(=O)C(C)(C)C. The maximum atomic E-state index is 11.8. The molecule has 0 saturated carbocycles. The number of aliphatic hydroxyl groups is 1. The lowest BCUT2D eigenvalue weighted by Crippen LogP contribution is -2.37. The van der Waals surface area contributed by atoms with Crippen LogP contribution in [-0.4, -0.2) is 48.1 Å². The van der Waals surface area contributed by atoms with E-state index in [1.54, 1.807) is 11.0 Å². The molecule has 0 aliphatic carbocycles. The van der Waals surface area contributed by atoms with Gasteiger partial charge in [0.1, 0.15) is 0 Å². The molecule has 0 bridgehead atoms. The molecule has 2 amide bonds. The van der Waals surface area contributed by atoms with E-state index in [2.05, 4.69) is 11.9 Å². The Bertz CT molecular complexity index is 308. The number of rotatable bonds is 8. The molecule has 110 valence electrons. The Morgan fingerprint density at radius 3 is 2.47 bits per heavy atom. The first-order valence-electron chi connectivity index (χ1n) is 6.60. The maximum absolute atomic E-state index is 11.8. The Morgan fingerprint density at radius 1 is 1.37 bits per heavy atom. The van der Waals surface area contributed by atoms with Gasteiger partial charge in [-0.2, -0.15) is 0 Å². The van der Waals surface area contributed by atoms with Crippen molar-refractivity contribution < 1.29 is 14.7 Å². The van der Waals surface area contributed by atoms with E-state index in [4.69, 9.17) is 5.11 Å². The lowest BCUT2D eigenvalue weighted by atomic mass is 9.96. The molecule has 0 aromatic carbocycles.